The molecule has 82 valence electrons. The van der Waals surface area contributed by atoms with Gasteiger partial charge in [-0.15, -0.1) is 0 Å². The van der Waals surface area contributed by atoms with Crippen LogP contribution in [0.5, 0.6) is 0 Å². The van der Waals surface area contributed by atoms with Crippen molar-refractivity contribution in [1.82, 2.24) is 0 Å². The summed E-state index contributed by atoms with van der Waals surface area (Å²) in [5.41, 5.74) is 7.22. The molecule has 1 aliphatic carbocycles. The maximum absolute atomic E-state index is 13.2. The second-order valence-corrected chi connectivity index (χ2v) is 5.52. The minimum Gasteiger partial charge on any atom is -0.327 e. The van der Waals surface area contributed by atoms with Crippen molar-refractivity contribution in [3.05, 3.63) is 34.1 Å². The summed E-state index contributed by atoms with van der Waals surface area (Å²) in [5, 5.41) is 0. The molecule has 0 amide bonds. The van der Waals surface area contributed by atoms with Gasteiger partial charge in [0.2, 0.25) is 0 Å². The van der Waals surface area contributed by atoms with Gasteiger partial charge < -0.3 is 5.73 Å². The second-order valence-electron chi connectivity index (χ2n) is 4.61. The van der Waals surface area contributed by atoms with Gasteiger partial charge in [0, 0.05) is 10.5 Å². The van der Waals surface area contributed by atoms with Crippen LogP contribution in [-0.4, -0.2) is 6.04 Å². The van der Waals surface area contributed by atoms with Gasteiger partial charge >= 0.3 is 0 Å². The molecule has 1 aromatic carbocycles. The molecule has 0 spiro atoms. The smallest absolute Gasteiger partial charge is 0.124 e. The van der Waals surface area contributed by atoms with Crippen LogP contribution < -0.4 is 5.73 Å². The highest BCUT2D eigenvalue weighted by Crippen LogP contribution is 2.50. The van der Waals surface area contributed by atoms with E-state index in [4.69, 9.17) is 5.73 Å². The Bertz CT molecular complexity index is 352. The van der Waals surface area contributed by atoms with Crippen molar-refractivity contribution >= 4 is 15.9 Å². The van der Waals surface area contributed by atoms with Crippen molar-refractivity contribution in [2.24, 2.45) is 11.1 Å². The first-order valence-electron chi connectivity index (χ1n) is 5.22. The molecule has 1 aromatic rings. The molecule has 1 unspecified atom stereocenters. The highest BCUT2D eigenvalue weighted by Gasteiger charge is 2.45. The molecule has 1 fully saturated rings. The van der Waals surface area contributed by atoms with Crippen LogP contribution in [0.25, 0.3) is 0 Å². The monoisotopic (exact) mass is 271 g/mol. The quantitative estimate of drug-likeness (QED) is 0.898. The van der Waals surface area contributed by atoms with Crippen LogP contribution in [0.3, 0.4) is 0 Å². The van der Waals surface area contributed by atoms with Crippen LogP contribution in [0.1, 0.15) is 25.3 Å². The Hall–Kier alpha value is -0.410. The molecule has 3 heteroatoms. The average Bonchev–Trinajstić information content (AvgIpc) is 2.83. The highest BCUT2D eigenvalue weighted by atomic mass is 79.9. The lowest BCUT2D eigenvalue weighted by Crippen LogP contribution is -2.29. The van der Waals surface area contributed by atoms with Crippen molar-refractivity contribution in [2.45, 2.75) is 32.2 Å². The van der Waals surface area contributed by atoms with Crippen molar-refractivity contribution in [3.63, 3.8) is 0 Å². The highest BCUT2D eigenvalue weighted by molar-refractivity contribution is 9.10. The molecule has 15 heavy (non-hydrogen) atoms. The molecule has 0 saturated heterocycles. The van der Waals surface area contributed by atoms with Crippen LogP contribution in [0.15, 0.2) is 22.7 Å². The van der Waals surface area contributed by atoms with Crippen LogP contribution in [-0.2, 0) is 6.42 Å². The normalized spacial score (nSPS) is 20.0. The van der Waals surface area contributed by atoms with Gasteiger partial charge in [0.25, 0.3) is 0 Å². The first-order valence-corrected chi connectivity index (χ1v) is 6.02. The third-order valence-corrected chi connectivity index (χ3v) is 3.79. The summed E-state index contributed by atoms with van der Waals surface area (Å²) in [5.74, 6) is -0.181. The molecule has 0 bridgehead atoms. The van der Waals surface area contributed by atoms with Crippen LogP contribution in [0.4, 0.5) is 4.39 Å². The molecule has 0 aliphatic heterocycles. The number of halogens is 2. The average molecular weight is 272 g/mol. The van der Waals surface area contributed by atoms with E-state index in [0.29, 0.717) is 0 Å². The van der Waals surface area contributed by atoms with Gasteiger partial charge in [0.1, 0.15) is 5.82 Å². The molecule has 1 nitrogen and oxygen atoms in total. The fourth-order valence-corrected chi connectivity index (χ4v) is 2.59. The third-order valence-electron chi connectivity index (χ3n) is 3.34. The lowest BCUT2D eigenvalue weighted by atomic mass is 9.90. The van der Waals surface area contributed by atoms with E-state index in [0.717, 1.165) is 16.5 Å². The van der Waals surface area contributed by atoms with E-state index < -0.39 is 0 Å². The summed E-state index contributed by atoms with van der Waals surface area (Å²) in [7, 11) is 0. The largest absolute Gasteiger partial charge is 0.327 e. The number of rotatable bonds is 3. The third kappa shape index (κ3) is 2.40. The van der Waals surface area contributed by atoms with Crippen molar-refractivity contribution in [3.8, 4) is 0 Å². The van der Waals surface area contributed by atoms with E-state index in [1.165, 1.54) is 18.9 Å². The minimum atomic E-state index is -0.181. The Morgan fingerprint density at radius 1 is 1.47 bits per heavy atom. The maximum atomic E-state index is 13.2. The lowest BCUT2D eigenvalue weighted by Gasteiger charge is -2.19. The summed E-state index contributed by atoms with van der Waals surface area (Å²) in [6.07, 6.45) is 3.22. The molecule has 0 aromatic heterocycles. The van der Waals surface area contributed by atoms with Gasteiger partial charge in [-0.25, -0.2) is 4.39 Å². The molecule has 1 atom stereocenters. The maximum Gasteiger partial charge on any atom is 0.124 e. The molecule has 1 saturated carbocycles. The molecular weight excluding hydrogens is 257 g/mol. The van der Waals surface area contributed by atoms with Crippen molar-refractivity contribution in [1.29, 1.82) is 0 Å². The fourth-order valence-electron chi connectivity index (χ4n) is 2.07. The predicted octanol–water partition coefficient (Wildman–Crippen LogP) is 3.26. The van der Waals surface area contributed by atoms with E-state index in [-0.39, 0.29) is 17.3 Å². The zero-order valence-electron chi connectivity index (χ0n) is 8.76. The Morgan fingerprint density at radius 3 is 2.60 bits per heavy atom. The van der Waals surface area contributed by atoms with Gasteiger partial charge in [0.15, 0.2) is 0 Å². The minimum absolute atomic E-state index is 0.181. The second kappa shape index (κ2) is 3.87. The van der Waals surface area contributed by atoms with E-state index >= 15 is 0 Å². The van der Waals surface area contributed by atoms with E-state index in [1.807, 2.05) is 13.0 Å². The number of hydrogen-bond acceptors (Lipinski definition) is 1. The zero-order chi connectivity index (χ0) is 11.1. The number of hydrogen-bond donors (Lipinski definition) is 1. The number of benzene rings is 1. The zero-order valence-corrected chi connectivity index (χ0v) is 10.3. The standard InChI is InChI=1S/C12H15BrFN/c1-8(15)12(2-3-12)7-9-4-10(13)6-11(14)5-9/h4-6,8H,2-3,7,15H2,1H3. The number of nitrogens with two attached hydrogens (primary N) is 1. The first kappa shape index (κ1) is 11.1. The molecule has 0 heterocycles. The SMILES string of the molecule is CC(N)C1(Cc2cc(F)cc(Br)c2)CC1. The topological polar surface area (TPSA) is 26.0 Å². The molecular formula is C12H15BrFN. The summed E-state index contributed by atoms with van der Waals surface area (Å²) >= 11 is 3.31. The summed E-state index contributed by atoms with van der Waals surface area (Å²) in [4.78, 5) is 0. The van der Waals surface area contributed by atoms with Gasteiger partial charge in [0.05, 0.1) is 0 Å². The predicted molar refractivity (Wildman–Crippen MR) is 63.1 cm³/mol. The Balaban J connectivity index is 2.17. The fraction of sp³-hybridized carbons (Fsp3) is 0.500. The first-order chi connectivity index (χ1) is 7.02. The molecule has 2 rings (SSSR count). The van der Waals surface area contributed by atoms with Crippen LogP contribution in [0.2, 0.25) is 0 Å². The summed E-state index contributed by atoms with van der Waals surface area (Å²) in [6, 6.07) is 5.26. The lowest BCUT2D eigenvalue weighted by molar-refractivity contribution is 0.417. The Labute approximate surface area is 98.0 Å². The molecule has 1 aliphatic rings. The van der Waals surface area contributed by atoms with Gasteiger partial charge in [-0.05, 0) is 55.4 Å². The Morgan fingerprint density at radius 2 is 2.13 bits per heavy atom. The Kier molecular flexibility index (Phi) is 2.86. The summed E-state index contributed by atoms with van der Waals surface area (Å²) < 4.78 is 14.0. The van der Waals surface area contributed by atoms with Crippen molar-refractivity contribution < 1.29 is 4.39 Å². The van der Waals surface area contributed by atoms with Crippen LogP contribution in [0, 0.1) is 11.2 Å². The molecule has 2 N–H and O–H groups in total. The van der Waals surface area contributed by atoms with E-state index in [9.17, 15) is 4.39 Å². The van der Waals surface area contributed by atoms with Gasteiger partial charge in [-0.3, -0.25) is 0 Å². The van der Waals surface area contributed by atoms with E-state index in [1.54, 1.807) is 6.07 Å². The summed E-state index contributed by atoms with van der Waals surface area (Å²) in [6.45, 7) is 2.04. The van der Waals surface area contributed by atoms with Crippen molar-refractivity contribution in [2.75, 3.05) is 0 Å². The van der Waals surface area contributed by atoms with Crippen LogP contribution >= 0.6 is 15.9 Å². The molecule has 0 radical (unpaired) electrons. The van der Waals surface area contributed by atoms with E-state index in [2.05, 4.69) is 15.9 Å². The van der Waals surface area contributed by atoms with Gasteiger partial charge in [-0.1, -0.05) is 15.9 Å². The van der Waals surface area contributed by atoms with Gasteiger partial charge in [-0.2, -0.15) is 0 Å².